The smallest absolute Gasteiger partial charge is 0.189 e. The molecule has 1 aliphatic heterocycles. The summed E-state index contributed by atoms with van der Waals surface area (Å²) in [7, 11) is 1.72. The van der Waals surface area contributed by atoms with E-state index in [2.05, 4.69) is 53.3 Å². The lowest BCUT2D eigenvalue weighted by Gasteiger charge is -2.13. The second-order valence-corrected chi connectivity index (χ2v) is 7.59. The number of rotatable bonds is 5. The molecular weight excluding hydrogens is 356 g/mol. The monoisotopic (exact) mass is 380 g/mol. The van der Waals surface area contributed by atoms with Crippen molar-refractivity contribution in [3.8, 4) is 22.7 Å². The highest BCUT2D eigenvalue weighted by Gasteiger charge is 2.17. The van der Waals surface area contributed by atoms with Crippen LogP contribution in [0.5, 0.6) is 5.75 Å². The molecule has 1 aromatic heterocycles. The number of ether oxygens (including phenoxy) is 2. The van der Waals surface area contributed by atoms with Crippen LogP contribution in [0.3, 0.4) is 0 Å². The number of nitrogens with zero attached hydrogens (tertiary/aromatic N) is 2. The zero-order valence-electron chi connectivity index (χ0n) is 15.7. The predicted molar refractivity (Wildman–Crippen MR) is 110 cm³/mol. The highest BCUT2D eigenvalue weighted by atomic mass is 32.1. The molecule has 0 N–H and O–H groups in total. The van der Waals surface area contributed by atoms with Crippen molar-refractivity contribution in [2.24, 2.45) is 4.99 Å². The Balaban J connectivity index is 1.85. The molecule has 0 radical (unpaired) electrons. The van der Waals surface area contributed by atoms with Gasteiger partial charge < -0.3 is 9.47 Å². The molecule has 0 aliphatic carbocycles. The van der Waals surface area contributed by atoms with Crippen LogP contribution in [0.1, 0.15) is 18.4 Å². The number of para-hydroxylation sites is 1. The summed E-state index contributed by atoms with van der Waals surface area (Å²) in [6.45, 7) is 3.66. The van der Waals surface area contributed by atoms with E-state index in [4.69, 9.17) is 14.5 Å². The Morgan fingerprint density at radius 2 is 2.07 bits per heavy atom. The SMILES string of the molecule is COc1ccc(C)cc1-c1csc(=NC[C@H]2CCCO2)n1-c1ccccc1. The third-order valence-electron chi connectivity index (χ3n) is 4.81. The summed E-state index contributed by atoms with van der Waals surface area (Å²) in [6.07, 6.45) is 2.47. The van der Waals surface area contributed by atoms with E-state index >= 15 is 0 Å². The normalized spacial score (nSPS) is 17.4. The van der Waals surface area contributed by atoms with Gasteiger partial charge in [-0.25, -0.2) is 0 Å². The van der Waals surface area contributed by atoms with Crippen LogP contribution in [-0.2, 0) is 4.74 Å². The van der Waals surface area contributed by atoms with Crippen molar-refractivity contribution in [2.45, 2.75) is 25.9 Å². The molecule has 0 amide bonds. The molecule has 1 aliphatic rings. The molecule has 2 aromatic carbocycles. The maximum absolute atomic E-state index is 5.75. The Labute approximate surface area is 163 Å². The molecule has 1 saturated heterocycles. The maximum atomic E-state index is 5.75. The second-order valence-electron chi connectivity index (χ2n) is 6.75. The third-order valence-corrected chi connectivity index (χ3v) is 5.67. The summed E-state index contributed by atoms with van der Waals surface area (Å²) in [5.74, 6) is 0.869. The fraction of sp³-hybridized carbons (Fsp3) is 0.318. The van der Waals surface area contributed by atoms with E-state index in [1.54, 1.807) is 18.4 Å². The van der Waals surface area contributed by atoms with Crippen LogP contribution in [0.4, 0.5) is 0 Å². The van der Waals surface area contributed by atoms with Gasteiger partial charge in [0.1, 0.15) is 5.75 Å². The van der Waals surface area contributed by atoms with Gasteiger partial charge in [0.25, 0.3) is 0 Å². The van der Waals surface area contributed by atoms with E-state index in [1.165, 1.54) is 5.56 Å². The summed E-state index contributed by atoms with van der Waals surface area (Å²) in [5.41, 5.74) is 4.48. The summed E-state index contributed by atoms with van der Waals surface area (Å²) >= 11 is 1.66. The number of benzene rings is 2. The standard InChI is InChI=1S/C22H24N2O2S/c1-16-10-11-21(25-2)19(13-16)20-15-27-22(23-14-18-9-6-12-26-18)24(20)17-7-4-3-5-8-17/h3-5,7-8,10-11,13,15,18H,6,9,12,14H2,1-2H3/t18-/m1/s1. The molecule has 1 fully saturated rings. The molecule has 2 heterocycles. The van der Waals surface area contributed by atoms with Gasteiger partial charge in [-0.2, -0.15) is 0 Å². The van der Waals surface area contributed by atoms with Crippen LogP contribution in [0.25, 0.3) is 16.9 Å². The van der Waals surface area contributed by atoms with Gasteiger partial charge >= 0.3 is 0 Å². The van der Waals surface area contributed by atoms with E-state index in [0.717, 1.165) is 46.9 Å². The van der Waals surface area contributed by atoms with Crippen molar-refractivity contribution in [3.05, 3.63) is 64.3 Å². The first-order valence-electron chi connectivity index (χ1n) is 9.29. The minimum atomic E-state index is 0.244. The van der Waals surface area contributed by atoms with Gasteiger partial charge in [-0.1, -0.05) is 29.8 Å². The molecule has 0 spiro atoms. The quantitative estimate of drug-likeness (QED) is 0.648. The Hall–Kier alpha value is -2.37. The van der Waals surface area contributed by atoms with Crippen molar-refractivity contribution in [1.82, 2.24) is 4.57 Å². The lowest BCUT2D eigenvalue weighted by atomic mass is 10.1. The van der Waals surface area contributed by atoms with Crippen LogP contribution >= 0.6 is 11.3 Å². The first kappa shape index (κ1) is 18.0. The van der Waals surface area contributed by atoms with E-state index in [1.807, 2.05) is 12.1 Å². The number of aromatic nitrogens is 1. The van der Waals surface area contributed by atoms with E-state index in [-0.39, 0.29) is 6.10 Å². The molecule has 0 saturated carbocycles. The van der Waals surface area contributed by atoms with E-state index in [9.17, 15) is 0 Å². The first-order valence-corrected chi connectivity index (χ1v) is 10.2. The minimum absolute atomic E-state index is 0.244. The van der Waals surface area contributed by atoms with E-state index < -0.39 is 0 Å². The van der Waals surface area contributed by atoms with Gasteiger partial charge in [0.2, 0.25) is 0 Å². The minimum Gasteiger partial charge on any atom is -0.496 e. The van der Waals surface area contributed by atoms with Gasteiger partial charge in [0, 0.05) is 23.2 Å². The molecule has 5 heteroatoms. The van der Waals surface area contributed by atoms with Crippen LogP contribution in [0, 0.1) is 6.92 Å². The number of hydrogen-bond donors (Lipinski definition) is 0. The second kappa shape index (κ2) is 8.11. The van der Waals surface area contributed by atoms with Crippen LogP contribution < -0.4 is 9.54 Å². The van der Waals surface area contributed by atoms with E-state index in [0.29, 0.717) is 6.54 Å². The van der Waals surface area contributed by atoms with Gasteiger partial charge in [-0.3, -0.25) is 9.56 Å². The molecular formula is C22H24N2O2S. The highest BCUT2D eigenvalue weighted by molar-refractivity contribution is 7.07. The van der Waals surface area contributed by atoms with Crippen LogP contribution in [0.15, 0.2) is 58.9 Å². The Kier molecular flexibility index (Phi) is 5.41. The molecule has 4 nitrogen and oxygen atoms in total. The molecule has 0 unspecified atom stereocenters. The third kappa shape index (κ3) is 3.84. The zero-order chi connectivity index (χ0) is 18.6. The number of thiazole rings is 1. The zero-order valence-corrected chi connectivity index (χ0v) is 16.5. The maximum Gasteiger partial charge on any atom is 0.189 e. The van der Waals surface area contributed by atoms with Gasteiger partial charge in [0.15, 0.2) is 4.80 Å². The van der Waals surface area contributed by atoms with Crippen molar-refractivity contribution >= 4 is 11.3 Å². The Morgan fingerprint density at radius 3 is 2.81 bits per heavy atom. The summed E-state index contributed by atoms with van der Waals surface area (Å²) < 4.78 is 13.6. The predicted octanol–water partition coefficient (Wildman–Crippen LogP) is 4.60. The van der Waals surface area contributed by atoms with Crippen molar-refractivity contribution in [1.29, 1.82) is 0 Å². The average molecular weight is 381 g/mol. The van der Waals surface area contributed by atoms with Gasteiger partial charge in [-0.15, -0.1) is 11.3 Å². The summed E-state index contributed by atoms with van der Waals surface area (Å²) in [4.78, 5) is 5.89. The molecule has 3 aromatic rings. The lowest BCUT2D eigenvalue weighted by Crippen LogP contribution is -2.18. The van der Waals surface area contributed by atoms with Crippen LogP contribution in [0.2, 0.25) is 0 Å². The Bertz CT molecular complexity index is 969. The number of aryl methyl sites for hydroxylation is 1. The average Bonchev–Trinajstić information content (AvgIpc) is 3.36. The van der Waals surface area contributed by atoms with Gasteiger partial charge in [-0.05, 0) is 44.0 Å². The van der Waals surface area contributed by atoms with Crippen LogP contribution in [-0.4, -0.2) is 30.9 Å². The number of methoxy groups -OCH3 is 1. The fourth-order valence-electron chi connectivity index (χ4n) is 3.43. The topological polar surface area (TPSA) is 35.8 Å². The fourth-order valence-corrected chi connectivity index (χ4v) is 4.33. The Morgan fingerprint density at radius 1 is 1.22 bits per heavy atom. The first-order chi connectivity index (χ1) is 13.3. The summed E-state index contributed by atoms with van der Waals surface area (Å²) in [6, 6.07) is 16.7. The molecule has 27 heavy (non-hydrogen) atoms. The van der Waals surface area contributed by atoms with Crippen molar-refractivity contribution in [2.75, 3.05) is 20.3 Å². The van der Waals surface area contributed by atoms with Gasteiger partial charge in [0.05, 0.1) is 25.5 Å². The van der Waals surface area contributed by atoms with Crippen molar-refractivity contribution in [3.63, 3.8) is 0 Å². The highest BCUT2D eigenvalue weighted by Crippen LogP contribution is 2.32. The largest absolute Gasteiger partial charge is 0.496 e. The number of hydrogen-bond acceptors (Lipinski definition) is 4. The van der Waals surface area contributed by atoms with Crippen molar-refractivity contribution < 1.29 is 9.47 Å². The summed E-state index contributed by atoms with van der Waals surface area (Å²) in [5, 5.41) is 2.17. The molecule has 0 bridgehead atoms. The lowest BCUT2D eigenvalue weighted by molar-refractivity contribution is 0.117. The molecule has 140 valence electrons. The molecule has 1 atom stereocenters. The molecule has 4 rings (SSSR count).